The minimum absolute atomic E-state index is 0.141. The number of amides is 1. The Hall–Kier alpha value is -2.35. The molecule has 0 heterocycles. The molecule has 38 heavy (non-hydrogen) atoms. The second kappa shape index (κ2) is 26.3. The van der Waals surface area contributed by atoms with Crippen LogP contribution in [0.25, 0.3) is 0 Å². The lowest BCUT2D eigenvalue weighted by atomic mass is 10.1. The SMILES string of the molecule is C=CCCCCCCCC(=O)OCC(COC(=O)CCCCCCCC=C)OC(=O)NCCN(CC)CC. The zero-order valence-corrected chi connectivity index (χ0v) is 24.2. The van der Waals surface area contributed by atoms with Gasteiger partial charge in [-0.15, -0.1) is 13.2 Å². The molecule has 0 saturated carbocycles. The molecular formula is C30H54N2O6. The number of esters is 2. The Bertz CT molecular complexity index is 598. The van der Waals surface area contributed by atoms with Crippen molar-refractivity contribution in [3.63, 3.8) is 0 Å². The Morgan fingerprint density at radius 1 is 0.737 bits per heavy atom. The van der Waals surface area contributed by atoms with Crippen molar-refractivity contribution in [2.75, 3.05) is 39.4 Å². The van der Waals surface area contributed by atoms with Crippen molar-refractivity contribution in [2.24, 2.45) is 0 Å². The first-order valence-electron chi connectivity index (χ1n) is 14.7. The molecule has 1 N–H and O–H groups in total. The molecule has 0 rings (SSSR count). The molecule has 220 valence electrons. The van der Waals surface area contributed by atoms with Crippen molar-refractivity contribution < 1.29 is 28.6 Å². The largest absolute Gasteiger partial charge is 0.462 e. The Kier molecular flexibility index (Phi) is 24.6. The number of likely N-dealkylation sites (N-methyl/N-ethyl adjacent to an activating group) is 1. The molecule has 0 aromatic heterocycles. The number of hydrogen-bond donors (Lipinski definition) is 1. The van der Waals surface area contributed by atoms with Crippen LogP contribution in [-0.4, -0.2) is 68.4 Å². The summed E-state index contributed by atoms with van der Waals surface area (Å²) in [5.41, 5.74) is 0. The van der Waals surface area contributed by atoms with Crippen LogP contribution >= 0.6 is 0 Å². The fraction of sp³-hybridized carbons (Fsp3) is 0.767. The molecule has 0 unspecified atom stereocenters. The molecule has 0 spiro atoms. The number of carbonyl (C=O) groups excluding carboxylic acids is 3. The van der Waals surface area contributed by atoms with Gasteiger partial charge < -0.3 is 24.4 Å². The number of alkyl carbamates (subject to hydrolysis) is 1. The highest BCUT2D eigenvalue weighted by Crippen LogP contribution is 2.10. The first-order chi connectivity index (χ1) is 18.5. The van der Waals surface area contributed by atoms with Crippen LogP contribution in [0.3, 0.4) is 0 Å². The summed E-state index contributed by atoms with van der Waals surface area (Å²) in [5, 5.41) is 2.72. The number of unbranched alkanes of at least 4 members (excludes halogenated alkanes) is 10. The zero-order valence-electron chi connectivity index (χ0n) is 24.2. The number of rotatable bonds is 26. The fourth-order valence-electron chi connectivity index (χ4n) is 3.86. The molecule has 0 saturated heterocycles. The molecule has 1 amide bonds. The number of nitrogens with zero attached hydrogens (tertiary/aromatic N) is 1. The van der Waals surface area contributed by atoms with E-state index >= 15 is 0 Å². The van der Waals surface area contributed by atoms with Crippen LogP contribution in [-0.2, 0) is 23.8 Å². The van der Waals surface area contributed by atoms with Crippen molar-refractivity contribution in [2.45, 2.75) is 110 Å². The second-order valence-corrected chi connectivity index (χ2v) is 9.54. The highest BCUT2D eigenvalue weighted by Gasteiger charge is 2.19. The summed E-state index contributed by atoms with van der Waals surface area (Å²) in [6.07, 6.45) is 15.1. The smallest absolute Gasteiger partial charge is 0.407 e. The van der Waals surface area contributed by atoms with Gasteiger partial charge >= 0.3 is 18.0 Å². The van der Waals surface area contributed by atoms with E-state index in [2.05, 4.69) is 37.2 Å². The highest BCUT2D eigenvalue weighted by atomic mass is 16.6. The third-order valence-electron chi connectivity index (χ3n) is 6.30. The number of carbonyl (C=O) groups is 3. The number of ether oxygens (including phenoxy) is 3. The van der Waals surface area contributed by atoms with Gasteiger partial charge in [0.25, 0.3) is 0 Å². The molecule has 0 aromatic carbocycles. The number of allylic oxidation sites excluding steroid dienone is 2. The lowest BCUT2D eigenvalue weighted by Gasteiger charge is -2.20. The second-order valence-electron chi connectivity index (χ2n) is 9.54. The third-order valence-corrected chi connectivity index (χ3v) is 6.30. The van der Waals surface area contributed by atoms with Crippen molar-refractivity contribution in [3.05, 3.63) is 25.3 Å². The van der Waals surface area contributed by atoms with Gasteiger partial charge in [0.2, 0.25) is 0 Å². The maximum absolute atomic E-state index is 12.3. The van der Waals surface area contributed by atoms with E-state index in [1.807, 2.05) is 12.2 Å². The van der Waals surface area contributed by atoms with Crippen LogP contribution in [0.1, 0.15) is 104 Å². The van der Waals surface area contributed by atoms with Crippen molar-refractivity contribution in [1.82, 2.24) is 10.2 Å². The first kappa shape index (κ1) is 35.6. The van der Waals surface area contributed by atoms with Gasteiger partial charge in [-0.1, -0.05) is 64.5 Å². The van der Waals surface area contributed by atoms with Crippen LogP contribution in [0.15, 0.2) is 25.3 Å². The Morgan fingerprint density at radius 2 is 1.18 bits per heavy atom. The molecule has 0 aliphatic carbocycles. The van der Waals surface area contributed by atoms with Crippen LogP contribution in [0.5, 0.6) is 0 Å². The molecule has 8 heteroatoms. The van der Waals surface area contributed by atoms with E-state index < -0.39 is 12.2 Å². The zero-order chi connectivity index (χ0) is 28.3. The molecule has 0 aliphatic heterocycles. The third kappa shape index (κ3) is 22.8. The molecule has 0 atom stereocenters. The molecule has 0 aliphatic rings. The standard InChI is InChI=1S/C30H54N2O6/c1-5-9-11-13-15-17-19-21-28(33)36-25-27(38-30(35)31-23-24-32(7-3)8-4)26-37-29(34)22-20-18-16-14-12-10-6-2/h5-6,27H,1-2,7-26H2,3-4H3,(H,31,35). The predicted octanol–water partition coefficient (Wildman–Crippen LogP) is 6.34. The summed E-state index contributed by atoms with van der Waals surface area (Å²) in [6.45, 7) is 14.2. The van der Waals surface area contributed by atoms with Crippen LogP contribution in [0.2, 0.25) is 0 Å². The summed E-state index contributed by atoms with van der Waals surface area (Å²) >= 11 is 0. The van der Waals surface area contributed by atoms with Gasteiger partial charge in [0.05, 0.1) is 0 Å². The van der Waals surface area contributed by atoms with Crippen molar-refractivity contribution >= 4 is 18.0 Å². The van der Waals surface area contributed by atoms with Crippen LogP contribution in [0, 0.1) is 0 Å². The van der Waals surface area contributed by atoms with E-state index in [9.17, 15) is 14.4 Å². The van der Waals surface area contributed by atoms with Gasteiger partial charge in [-0.3, -0.25) is 9.59 Å². The molecule has 8 nitrogen and oxygen atoms in total. The summed E-state index contributed by atoms with van der Waals surface area (Å²) in [5.74, 6) is -0.677. The van der Waals surface area contributed by atoms with E-state index in [-0.39, 0.29) is 25.2 Å². The van der Waals surface area contributed by atoms with E-state index in [0.717, 1.165) is 90.1 Å². The molecule has 0 radical (unpaired) electrons. The maximum atomic E-state index is 12.3. The minimum atomic E-state index is -0.853. The molecular weight excluding hydrogens is 484 g/mol. The van der Waals surface area contributed by atoms with Gasteiger partial charge in [-0.2, -0.15) is 0 Å². The van der Waals surface area contributed by atoms with Crippen LogP contribution in [0.4, 0.5) is 4.79 Å². The topological polar surface area (TPSA) is 94.2 Å². The molecule has 0 aromatic rings. The lowest BCUT2D eigenvalue weighted by molar-refractivity contribution is -0.152. The Morgan fingerprint density at radius 3 is 1.63 bits per heavy atom. The van der Waals surface area contributed by atoms with Crippen molar-refractivity contribution in [3.8, 4) is 0 Å². The highest BCUT2D eigenvalue weighted by molar-refractivity contribution is 5.70. The van der Waals surface area contributed by atoms with Crippen molar-refractivity contribution in [1.29, 1.82) is 0 Å². The molecule has 0 bridgehead atoms. The van der Waals surface area contributed by atoms with E-state index in [4.69, 9.17) is 14.2 Å². The summed E-state index contributed by atoms with van der Waals surface area (Å²) in [6, 6.07) is 0. The van der Waals surface area contributed by atoms with E-state index in [0.29, 0.717) is 25.9 Å². The van der Waals surface area contributed by atoms with Gasteiger partial charge in [-0.25, -0.2) is 4.79 Å². The lowest BCUT2D eigenvalue weighted by Crippen LogP contribution is -2.39. The predicted molar refractivity (Wildman–Crippen MR) is 153 cm³/mol. The van der Waals surface area contributed by atoms with E-state index in [1.54, 1.807) is 0 Å². The quantitative estimate of drug-likeness (QED) is 0.0594. The van der Waals surface area contributed by atoms with Gasteiger partial charge in [0, 0.05) is 25.9 Å². The summed E-state index contributed by atoms with van der Waals surface area (Å²) in [7, 11) is 0. The molecule has 0 fully saturated rings. The Balaban J connectivity index is 4.45. The fourth-order valence-corrected chi connectivity index (χ4v) is 3.86. The van der Waals surface area contributed by atoms with Gasteiger partial charge in [-0.05, 0) is 51.6 Å². The summed E-state index contributed by atoms with van der Waals surface area (Å²) < 4.78 is 16.1. The number of hydrogen-bond acceptors (Lipinski definition) is 7. The summed E-state index contributed by atoms with van der Waals surface area (Å²) in [4.78, 5) is 38.8. The van der Waals surface area contributed by atoms with Gasteiger partial charge in [0.15, 0.2) is 6.10 Å². The normalized spacial score (nSPS) is 10.8. The van der Waals surface area contributed by atoms with E-state index in [1.165, 1.54) is 0 Å². The minimum Gasteiger partial charge on any atom is -0.462 e. The first-order valence-corrected chi connectivity index (χ1v) is 14.7. The van der Waals surface area contributed by atoms with Crippen LogP contribution < -0.4 is 5.32 Å². The number of nitrogens with one attached hydrogen (secondary N) is 1. The average molecular weight is 539 g/mol. The van der Waals surface area contributed by atoms with Gasteiger partial charge in [0.1, 0.15) is 13.2 Å². The Labute approximate surface area is 231 Å². The average Bonchev–Trinajstić information content (AvgIpc) is 2.91. The monoisotopic (exact) mass is 538 g/mol. The maximum Gasteiger partial charge on any atom is 0.407 e.